The number of fused-ring (bicyclic) bond motifs is 1. The van der Waals surface area contributed by atoms with Crippen molar-refractivity contribution >= 4 is 28.5 Å². The van der Waals surface area contributed by atoms with Gasteiger partial charge in [-0.1, -0.05) is 78.9 Å². The van der Waals surface area contributed by atoms with Crippen LogP contribution in [0.3, 0.4) is 0 Å². The second kappa shape index (κ2) is 16.2. The molecule has 1 saturated heterocycles. The zero-order valence-electron chi connectivity index (χ0n) is 29.1. The molecule has 47 heavy (non-hydrogen) atoms. The van der Waals surface area contributed by atoms with E-state index in [0.29, 0.717) is 38.3 Å². The maximum absolute atomic E-state index is 14.6. The second-order valence-corrected chi connectivity index (χ2v) is 14.1. The summed E-state index contributed by atoms with van der Waals surface area (Å²) in [6.45, 7) is 6.15. The van der Waals surface area contributed by atoms with Gasteiger partial charge in [0.1, 0.15) is 12.1 Å². The Bertz CT molecular complexity index is 1520. The highest BCUT2D eigenvalue weighted by Gasteiger charge is 2.37. The first-order valence-electron chi connectivity index (χ1n) is 16.8. The number of carbonyl (C=O) groups excluding carboxylic acids is 3. The molecule has 0 aromatic heterocycles. The van der Waals surface area contributed by atoms with Gasteiger partial charge in [-0.25, -0.2) is 0 Å². The number of benzene rings is 3. The Kier molecular flexibility index (Phi) is 12.4. The predicted molar refractivity (Wildman–Crippen MR) is 191 cm³/mol. The molecule has 3 aromatic carbocycles. The van der Waals surface area contributed by atoms with Crippen LogP contribution in [0.1, 0.15) is 44.2 Å². The zero-order valence-corrected chi connectivity index (χ0v) is 29.1. The first-order chi connectivity index (χ1) is 22.3. The molecule has 1 aliphatic rings. The Morgan fingerprint density at radius 3 is 2.09 bits per heavy atom. The number of rotatable bonds is 13. The van der Waals surface area contributed by atoms with Crippen molar-refractivity contribution in [3.63, 3.8) is 0 Å². The number of carbonyl (C=O) groups is 3. The van der Waals surface area contributed by atoms with Crippen LogP contribution in [-0.4, -0.2) is 103 Å². The molecule has 2 unspecified atom stereocenters. The summed E-state index contributed by atoms with van der Waals surface area (Å²) >= 11 is 0. The number of likely N-dealkylation sites (tertiary alicyclic amines) is 1. The van der Waals surface area contributed by atoms with Crippen molar-refractivity contribution in [2.45, 2.75) is 63.6 Å². The van der Waals surface area contributed by atoms with Gasteiger partial charge in [0.25, 0.3) is 0 Å². The van der Waals surface area contributed by atoms with Crippen LogP contribution in [0.25, 0.3) is 10.8 Å². The monoisotopic (exact) mass is 639 g/mol. The fraction of sp³-hybridized carbons (Fsp3) is 0.462. The minimum absolute atomic E-state index is 0.0449. The van der Waals surface area contributed by atoms with Gasteiger partial charge >= 0.3 is 0 Å². The molecule has 8 heteroatoms. The minimum atomic E-state index is -0.818. The smallest absolute Gasteiger partial charge is 0.246 e. The van der Waals surface area contributed by atoms with E-state index in [1.807, 2.05) is 79.4 Å². The molecule has 0 radical (unpaired) electrons. The van der Waals surface area contributed by atoms with E-state index in [1.54, 1.807) is 25.1 Å². The highest BCUT2D eigenvalue weighted by atomic mass is 16.2. The van der Waals surface area contributed by atoms with Crippen molar-refractivity contribution < 1.29 is 14.4 Å². The average molecular weight is 640 g/mol. The SMILES string of the molecule is CN(C)CC1CCN(C(=O)C(Cc2ccccc2)N(C)C(=O)C(Cc2ccc3ccccc3c2)N(C)C(=O)/C=C/CC(C)(C)N)CC1. The van der Waals surface area contributed by atoms with Crippen LogP contribution in [0.5, 0.6) is 0 Å². The number of amides is 3. The molecule has 0 aliphatic carbocycles. The van der Waals surface area contributed by atoms with E-state index in [-0.39, 0.29) is 17.7 Å². The Morgan fingerprint density at radius 2 is 1.45 bits per heavy atom. The van der Waals surface area contributed by atoms with Gasteiger partial charge < -0.3 is 25.3 Å². The standard InChI is InChI=1S/C39H53N5O3/c1-39(2,40)22-12-17-36(45)42(5)34(27-31-18-19-32-15-10-11-16-33(32)25-31)37(46)43(6)35(26-29-13-8-7-9-14-29)38(47)44-23-20-30(21-24-44)28-41(3)4/h7-19,25,30,34-35H,20-24,26-28,40H2,1-6H3/b17-12+. The summed E-state index contributed by atoms with van der Waals surface area (Å²) in [6, 6.07) is 22.5. The van der Waals surface area contributed by atoms with E-state index >= 15 is 0 Å². The van der Waals surface area contributed by atoms with Gasteiger partial charge in [-0.2, -0.15) is 0 Å². The third-order valence-corrected chi connectivity index (χ3v) is 9.17. The van der Waals surface area contributed by atoms with E-state index < -0.39 is 17.6 Å². The average Bonchev–Trinajstić information content (AvgIpc) is 3.04. The number of likely N-dealkylation sites (N-methyl/N-ethyl adjacent to an activating group) is 2. The van der Waals surface area contributed by atoms with Crippen molar-refractivity contribution in [3.05, 3.63) is 96.1 Å². The lowest BCUT2D eigenvalue weighted by Crippen LogP contribution is -2.57. The van der Waals surface area contributed by atoms with E-state index in [1.165, 1.54) is 11.0 Å². The van der Waals surface area contributed by atoms with E-state index in [4.69, 9.17) is 5.73 Å². The summed E-state index contributed by atoms with van der Waals surface area (Å²) in [5.41, 5.74) is 7.60. The molecule has 2 atom stereocenters. The highest BCUT2D eigenvalue weighted by Crippen LogP contribution is 2.23. The first-order valence-corrected chi connectivity index (χ1v) is 16.8. The Morgan fingerprint density at radius 1 is 0.830 bits per heavy atom. The van der Waals surface area contributed by atoms with Gasteiger partial charge in [-0.15, -0.1) is 0 Å². The van der Waals surface area contributed by atoms with Crippen molar-refractivity contribution in [2.24, 2.45) is 11.7 Å². The van der Waals surface area contributed by atoms with Crippen molar-refractivity contribution in [3.8, 4) is 0 Å². The molecule has 3 aromatic rings. The van der Waals surface area contributed by atoms with Crippen LogP contribution in [0, 0.1) is 5.92 Å². The fourth-order valence-electron chi connectivity index (χ4n) is 6.39. The van der Waals surface area contributed by atoms with E-state index in [0.717, 1.165) is 41.3 Å². The first kappa shape index (κ1) is 35.8. The second-order valence-electron chi connectivity index (χ2n) is 14.1. The summed E-state index contributed by atoms with van der Waals surface area (Å²) in [4.78, 5) is 49.6. The Balaban J connectivity index is 1.63. The normalized spacial score (nSPS) is 15.6. The lowest BCUT2D eigenvalue weighted by Gasteiger charge is -2.39. The third kappa shape index (κ3) is 10.2. The number of nitrogens with two attached hydrogens (primary N) is 1. The molecular weight excluding hydrogens is 586 g/mol. The van der Waals surface area contributed by atoms with Crippen molar-refractivity contribution in [1.29, 1.82) is 0 Å². The van der Waals surface area contributed by atoms with Gasteiger partial charge in [0.15, 0.2) is 0 Å². The van der Waals surface area contributed by atoms with Crippen LogP contribution in [0.15, 0.2) is 84.9 Å². The molecule has 8 nitrogen and oxygen atoms in total. The number of hydrogen-bond donors (Lipinski definition) is 1. The topological polar surface area (TPSA) is 90.2 Å². The van der Waals surface area contributed by atoms with Gasteiger partial charge in [0.2, 0.25) is 17.7 Å². The van der Waals surface area contributed by atoms with Gasteiger partial charge in [-0.05, 0) is 81.1 Å². The van der Waals surface area contributed by atoms with Crippen molar-refractivity contribution in [1.82, 2.24) is 19.6 Å². The van der Waals surface area contributed by atoms with Crippen LogP contribution in [-0.2, 0) is 27.2 Å². The molecule has 0 bridgehead atoms. The summed E-state index contributed by atoms with van der Waals surface area (Å²) < 4.78 is 0. The minimum Gasteiger partial charge on any atom is -0.341 e. The Labute approximate surface area is 281 Å². The summed E-state index contributed by atoms with van der Waals surface area (Å²) in [5, 5.41) is 2.18. The summed E-state index contributed by atoms with van der Waals surface area (Å²) in [6.07, 6.45) is 6.37. The molecule has 4 rings (SSSR count). The molecule has 2 N–H and O–H groups in total. The fourth-order valence-corrected chi connectivity index (χ4v) is 6.39. The van der Waals surface area contributed by atoms with Gasteiger partial charge in [0.05, 0.1) is 0 Å². The van der Waals surface area contributed by atoms with Gasteiger partial charge in [-0.3, -0.25) is 14.4 Å². The number of hydrogen-bond acceptors (Lipinski definition) is 5. The molecule has 1 fully saturated rings. The van der Waals surface area contributed by atoms with Crippen LogP contribution < -0.4 is 5.73 Å². The highest BCUT2D eigenvalue weighted by molar-refractivity contribution is 5.95. The molecule has 1 heterocycles. The predicted octanol–water partition coefficient (Wildman–Crippen LogP) is 4.76. The van der Waals surface area contributed by atoms with Gasteiger partial charge in [0, 0.05) is 52.1 Å². The number of nitrogens with zero attached hydrogens (tertiary/aromatic N) is 4. The van der Waals surface area contributed by atoms with Crippen LogP contribution >= 0.6 is 0 Å². The molecule has 0 saturated carbocycles. The van der Waals surface area contributed by atoms with E-state index in [2.05, 4.69) is 31.1 Å². The lowest BCUT2D eigenvalue weighted by atomic mass is 9.94. The van der Waals surface area contributed by atoms with E-state index in [9.17, 15) is 14.4 Å². The quantitative estimate of drug-likeness (QED) is 0.273. The molecule has 0 spiro atoms. The Hall–Kier alpha value is -4.01. The largest absolute Gasteiger partial charge is 0.341 e. The summed E-state index contributed by atoms with van der Waals surface area (Å²) in [7, 11) is 7.55. The summed E-state index contributed by atoms with van der Waals surface area (Å²) in [5.74, 6) is -0.0459. The molecular formula is C39H53N5O3. The maximum Gasteiger partial charge on any atom is 0.246 e. The third-order valence-electron chi connectivity index (χ3n) is 9.17. The van der Waals surface area contributed by atoms with Crippen LogP contribution in [0.2, 0.25) is 0 Å². The lowest BCUT2D eigenvalue weighted by molar-refractivity contribution is -0.149. The van der Waals surface area contributed by atoms with Crippen molar-refractivity contribution in [2.75, 3.05) is 47.8 Å². The van der Waals surface area contributed by atoms with Crippen LogP contribution in [0.4, 0.5) is 0 Å². The molecule has 3 amide bonds. The molecule has 1 aliphatic heterocycles. The molecule has 252 valence electrons. The maximum atomic E-state index is 14.6. The zero-order chi connectivity index (χ0) is 34.1. The number of piperidine rings is 1.